The van der Waals surface area contributed by atoms with Gasteiger partial charge in [0, 0.05) is 12.5 Å². The lowest BCUT2D eigenvalue weighted by molar-refractivity contribution is -0.140. The van der Waals surface area contributed by atoms with Crippen LogP contribution in [0.5, 0.6) is 0 Å². The molecule has 15 heavy (non-hydrogen) atoms. The second-order valence-corrected chi connectivity index (χ2v) is 3.83. The summed E-state index contributed by atoms with van der Waals surface area (Å²) in [6, 6.07) is 0.270. The molecule has 2 unspecified atom stereocenters. The van der Waals surface area contributed by atoms with Gasteiger partial charge >= 0.3 is 12.0 Å². The number of carbonyl (C=O) groups excluding carboxylic acids is 2. The highest BCUT2D eigenvalue weighted by molar-refractivity contribution is 5.77. The van der Waals surface area contributed by atoms with E-state index in [0.717, 1.165) is 19.3 Å². The van der Waals surface area contributed by atoms with E-state index in [-0.39, 0.29) is 24.1 Å². The van der Waals surface area contributed by atoms with Crippen molar-refractivity contribution in [2.45, 2.75) is 44.7 Å². The molecule has 1 aliphatic rings. The van der Waals surface area contributed by atoms with Gasteiger partial charge in [-0.15, -0.1) is 0 Å². The monoisotopic (exact) mass is 214 g/mol. The fraction of sp³-hybridized carbons (Fsp3) is 0.800. The van der Waals surface area contributed by atoms with Crippen LogP contribution in [0, 0.1) is 0 Å². The van der Waals surface area contributed by atoms with Crippen molar-refractivity contribution in [3.05, 3.63) is 0 Å². The molecule has 5 nitrogen and oxygen atoms in total. The average Bonchev–Trinajstić information content (AvgIpc) is 2.52. The van der Waals surface area contributed by atoms with E-state index in [1.54, 1.807) is 0 Å². The summed E-state index contributed by atoms with van der Waals surface area (Å²) in [6.45, 7) is 1.98. The summed E-state index contributed by atoms with van der Waals surface area (Å²) in [5.74, 6) is -0.170. The summed E-state index contributed by atoms with van der Waals surface area (Å²) in [5, 5.41) is 5.63. The number of ether oxygens (including phenoxy) is 1. The highest BCUT2D eigenvalue weighted by Gasteiger charge is 2.26. The Morgan fingerprint density at radius 3 is 2.67 bits per heavy atom. The van der Waals surface area contributed by atoms with Gasteiger partial charge in [-0.3, -0.25) is 4.79 Å². The highest BCUT2D eigenvalue weighted by atomic mass is 16.5. The van der Waals surface area contributed by atoms with Gasteiger partial charge < -0.3 is 15.4 Å². The molecule has 0 saturated carbocycles. The third kappa shape index (κ3) is 3.77. The Bertz CT molecular complexity index is 243. The molecule has 86 valence electrons. The first kappa shape index (κ1) is 11.8. The van der Waals surface area contributed by atoms with Crippen LogP contribution in [0.15, 0.2) is 0 Å². The first-order valence-electron chi connectivity index (χ1n) is 5.27. The number of methoxy groups -OCH3 is 1. The quantitative estimate of drug-likeness (QED) is 0.525. The van der Waals surface area contributed by atoms with Crippen LogP contribution in [-0.4, -0.2) is 31.2 Å². The summed E-state index contributed by atoms with van der Waals surface area (Å²) >= 11 is 0. The second-order valence-electron chi connectivity index (χ2n) is 3.83. The predicted octanol–water partition coefficient (Wildman–Crippen LogP) is 0.790. The summed E-state index contributed by atoms with van der Waals surface area (Å²) in [4.78, 5) is 21.8. The van der Waals surface area contributed by atoms with E-state index in [0.29, 0.717) is 6.42 Å². The Hall–Kier alpha value is -1.26. The first-order chi connectivity index (χ1) is 7.13. The SMILES string of the molecule is COC(=O)CCCCC1NC(=O)NC1C. The standard InChI is InChI=1S/C10H18N2O3/c1-7-8(12-10(14)11-7)5-3-4-6-9(13)15-2/h7-8H,3-6H2,1-2H3,(H2,11,12,14). The van der Waals surface area contributed by atoms with Crippen molar-refractivity contribution in [2.24, 2.45) is 0 Å². The van der Waals surface area contributed by atoms with Gasteiger partial charge in [0.15, 0.2) is 0 Å². The lowest BCUT2D eigenvalue weighted by atomic mass is 10.0. The molecular formula is C10H18N2O3. The van der Waals surface area contributed by atoms with Gasteiger partial charge in [0.1, 0.15) is 0 Å². The van der Waals surface area contributed by atoms with E-state index in [2.05, 4.69) is 15.4 Å². The molecule has 0 aromatic carbocycles. The molecule has 1 heterocycles. The van der Waals surface area contributed by atoms with Crippen molar-refractivity contribution in [3.8, 4) is 0 Å². The van der Waals surface area contributed by atoms with Crippen molar-refractivity contribution in [1.82, 2.24) is 10.6 Å². The Morgan fingerprint density at radius 1 is 1.40 bits per heavy atom. The van der Waals surface area contributed by atoms with Crippen molar-refractivity contribution in [3.63, 3.8) is 0 Å². The minimum absolute atomic E-state index is 0.0968. The number of amides is 2. The van der Waals surface area contributed by atoms with Crippen LogP contribution in [0.25, 0.3) is 0 Å². The van der Waals surface area contributed by atoms with E-state index >= 15 is 0 Å². The van der Waals surface area contributed by atoms with Crippen LogP contribution in [0.1, 0.15) is 32.6 Å². The number of esters is 1. The first-order valence-corrected chi connectivity index (χ1v) is 5.27. The Balaban J connectivity index is 2.10. The fourth-order valence-corrected chi connectivity index (χ4v) is 1.70. The number of hydrogen-bond acceptors (Lipinski definition) is 3. The molecule has 0 aliphatic carbocycles. The van der Waals surface area contributed by atoms with Crippen molar-refractivity contribution in [2.75, 3.05) is 7.11 Å². The van der Waals surface area contributed by atoms with Crippen molar-refractivity contribution in [1.29, 1.82) is 0 Å². The minimum Gasteiger partial charge on any atom is -0.469 e. The zero-order valence-electron chi connectivity index (χ0n) is 9.21. The van der Waals surface area contributed by atoms with Gasteiger partial charge in [-0.2, -0.15) is 0 Å². The van der Waals surface area contributed by atoms with Gasteiger partial charge in [0.25, 0.3) is 0 Å². The molecular weight excluding hydrogens is 196 g/mol. The van der Waals surface area contributed by atoms with Crippen LogP contribution < -0.4 is 10.6 Å². The maximum Gasteiger partial charge on any atom is 0.315 e. The Labute approximate surface area is 89.6 Å². The second kappa shape index (κ2) is 5.58. The summed E-state index contributed by atoms with van der Waals surface area (Å²) in [6.07, 6.45) is 3.09. The maximum atomic E-state index is 11.0. The zero-order chi connectivity index (χ0) is 11.3. The van der Waals surface area contributed by atoms with E-state index in [1.165, 1.54) is 7.11 Å². The highest BCUT2D eigenvalue weighted by Crippen LogP contribution is 2.10. The Kier molecular flexibility index (Phi) is 4.39. The van der Waals surface area contributed by atoms with Gasteiger partial charge in [-0.25, -0.2) is 4.79 Å². The van der Waals surface area contributed by atoms with Crippen LogP contribution in [-0.2, 0) is 9.53 Å². The van der Waals surface area contributed by atoms with Crippen LogP contribution in [0.2, 0.25) is 0 Å². The number of rotatable bonds is 5. The van der Waals surface area contributed by atoms with Crippen LogP contribution in [0.3, 0.4) is 0 Å². The van der Waals surface area contributed by atoms with Gasteiger partial charge in [0.2, 0.25) is 0 Å². The van der Waals surface area contributed by atoms with Crippen LogP contribution in [0.4, 0.5) is 4.79 Å². The lowest BCUT2D eigenvalue weighted by Gasteiger charge is -2.13. The molecule has 2 N–H and O–H groups in total. The molecule has 1 aliphatic heterocycles. The van der Waals surface area contributed by atoms with Gasteiger partial charge in [-0.1, -0.05) is 6.42 Å². The normalized spacial score (nSPS) is 24.5. The Morgan fingerprint density at radius 2 is 2.13 bits per heavy atom. The number of urea groups is 1. The topological polar surface area (TPSA) is 67.4 Å². The lowest BCUT2D eigenvalue weighted by Crippen LogP contribution is -2.30. The number of hydrogen-bond donors (Lipinski definition) is 2. The zero-order valence-corrected chi connectivity index (χ0v) is 9.21. The summed E-state index contributed by atoms with van der Waals surface area (Å²) in [7, 11) is 1.39. The summed E-state index contributed by atoms with van der Waals surface area (Å²) in [5.41, 5.74) is 0. The molecule has 1 saturated heterocycles. The third-order valence-electron chi connectivity index (χ3n) is 2.65. The smallest absolute Gasteiger partial charge is 0.315 e. The number of unbranched alkanes of at least 4 members (excludes halogenated alkanes) is 1. The fourth-order valence-electron chi connectivity index (χ4n) is 1.70. The van der Waals surface area contributed by atoms with Gasteiger partial charge in [0.05, 0.1) is 13.2 Å². The average molecular weight is 214 g/mol. The van der Waals surface area contributed by atoms with Gasteiger partial charge in [-0.05, 0) is 19.8 Å². The molecule has 0 spiro atoms. The van der Waals surface area contributed by atoms with E-state index in [4.69, 9.17) is 0 Å². The van der Waals surface area contributed by atoms with Crippen LogP contribution >= 0.6 is 0 Å². The van der Waals surface area contributed by atoms with E-state index < -0.39 is 0 Å². The van der Waals surface area contributed by atoms with Crippen molar-refractivity contribution < 1.29 is 14.3 Å². The van der Waals surface area contributed by atoms with E-state index in [1.807, 2.05) is 6.92 Å². The molecule has 1 rings (SSSR count). The molecule has 0 aromatic rings. The molecule has 2 atom stereocenters. The number of nitrogens with one attached hydrogen (secondary N) is 2. The molecule has 0 radical (unpaired) electrons. The summed E-state index contributed by atoms with van der Waals surface area (Å²) < 4.78 is 4.54. The molecule has 0 bridgehead atoms. The third-order valence-corrected chi connectivity index (χ3v) is 2.65. The minimum atomic E-state index is -0.170. The predicted molar refractivity (Wildman–Crippen MR) is 55.4 cm³/mol. The number of carbonyl (C=O) groups is 2. The molecule has 1 fully saturated rings. The maximum absolute atomic E-state index is 11.0. The molecule has 5 heteroatoms. The van der Waals surface area contributed by atoms with E-state index in [9.17, 15) is 9.59 Å². The van der Waals surface area contributed by atoms with Crippen molar-refractivity contribution >= 4 is 12.0 Å². The molecule has 0 aromatic heterocycles. The largest absolute Gasteiger partial charge is 0.469 e. The molecule has 2 amide bonds.